The van der Waals surface area contributed by atoms with Gasteiger partial charge in [-0.05, 0) is 119 Å². The molecule has 2 amide bonds. The Labute approximate surface area is 456 Å². The molecule has 2 aliphatic carbocycles. The number of piperidine rings is 1. The number of likely N-dealkylation sites (N-methyl/N-ethyl adjacent to an activating group) is 1. The summed E-state index contributed by atoms with van der Waals surface area (Å²) in [4.78, 5) is 84.1. The molecule has 3 aromatic rings. The monoisotopic (exact) mass is 1070 g/mol. The third-order valence-electron chi connectivity index (χ3n) is 19.6. The summed E-state index contributed by atoms with van der Waals surface area (Å²) in [5, 5.41) is 30.6. The Morgan fingerprint density at radius 2 is 1.68 bits per heavy atom. The lowest BCUT2D eigenvalue weighted by Gasteiger charge is -2.62. The number of carbonyl (C=O) groups is 5. The van der Waals surface area contributed by atoms with E-state index < -0.39 is 87.7 Å². The van der Waals surface area contributed by atoms with Crippen LogP contribution in [0.3, 0.4) is 0 Å². The van der Waals surface area contributed by atoms with Crippen molar-refractivity contribution < 1.29 is 57.9 Å². The number of aromatic amines is 1. The van der Waals surface area contributed by atoms with Gasteiger partial charge in [-0.15, -0.1) is 0 Å². The molecule has 4 fully saturated rings. The van der Waals surface area contributed by atoms with Crippen molar-refractivity contribution in [2.75, 3.05) is 79.5 Å². The van der Waals surface area contributed by atoms with Crippen LogP contribution in [0.15, 0.2) is 60.7 Å². The number of H-pyrrole nitrogens is 1. The molecule has 1 spiro atoms. The van der Waals surface area contributed by atoms with E-state index in [1.165, 1.54) is 31.1 Å². The number of likely N-dealkylation sites (tertiary alicyclic amines) is 1. The SMILES string of the molecule is CC[C@]1(O)C[C@@H]2CN(CCc3c([nH]c4ccccc34)[C@@](C(=O)OC)(c3cc4c(cc3OC)NC3C45CCN4CC=C[C@](CC)(C45)[C@@H](OC(=O)C4CCCN4C(=O)CN(C)C(=O)OC4/C=C/CCCCC4)[C@]3(O)C(=O)OC)C2)C1. The number of nitrogens with zero attached hydrogens (tertiary/aromatic N) is 4. The number of anilines is 1. The number of fused-ring (bicyclic) bond motifs is 6. The molecule has 1 aromatic heterocycles. The first kappa shape index (κ1) is 54.0. The maximum atomic E-state index is 15.6. The fourth-order valence-electron chi connectivity index (χ4n) is 16.2. The first-order valence-corrected chi connectivity index (χ1v) is 28.5. The highest BCUT2D eigenvalue weighted by molar-refractivity contribution is 5.95. The summed E-state index contributed by atoms with van der Waals surface area (Å²) >= 11 is 0. The number of hydrogen-bond donors (Lipinski definition) is 4. The largest absolute Gasteiger partial charge is 0.496 e. The van der Waals surface area contributed by atoms with Crippen LogP contribution in [-0.2, 0) is 55.4 Å². The Hall–Kier alpha value is -5.95. The summed E-state index contributed by atoms with van der Waals surface area (Å²) in [6.07, 6.45) is 13.6. The van der Waals surface area contributed by atoms with E-state index in [0.29, 0.717) is 100 Å². The van der Waals surface area contributed by atoms with Gasteiger partial charge in [0.1, 0.15) is 29.9 Å². The molecule has 420 valence electrons. The highest BCUT2D eigenvalue weighted by Crippen LogP contribution is 2.67. The number of rotatable bonds is 11. The Morgan fingerprint density at radius 1 is 0.872 bits per heavy atom. The Kier molecular flexibility index (Phi) is 14.3. The molecular formula is C60H78N6O12. The van der Waals surface area contributed by atoms with Crippen molar-refractivity contribution >= 4 is 46.5 Å². The number of methoxy groups -OCH3 is 3. The molecule has 6 unspecified atom stereocenters. The van der Waals surface area contributed by atoms with Crippen LogP contribution in [0, 0.1) is 11.3 Å². The standard InChI is InChI=1S/C60H78N6O12/c1-7-56(72)32-37-33-59(53(69)75-5,48-40(23-28-64(34-37)36-56)39-20-14-15-21-43(39)61-48)42-30-41-44(31-46(42)74-4)62-50-58(41)25-29-65-26-17-24-57(8-2,51(58)65)52(60(50,73)54(70)76-6)78-49(68)45-22-16-27-66(45)47(67)35-63(3)55(71)77-38-18-12-10-9-11-13-19-38/h12,14-15,17-18,20-21,24,30-31,37-38,45,50-52,61-62,72-73H,7-11,13,16,19,22-23,25-29,32-36H2,1-6H3/b18-12+/t37-,38?,45?,50?,51?,52+,56-,57+,58?,59-,60-/m0/s1. The van der Waals surface area contributed by atoms with Crippen LogP contribution < -0.4 is 10.1 Å². The molecule has 78 heavy (non-hydrogen) atoms. The van der Waals surface area contributed by atoms with Gasteiger partial charge in [0, 0.05) is 90.6 Å². The van der Waals surface area contributed by atoms with Crippen molar-refractivity contribution in [3.63, 3.8) is 0 Å². The van der Waals surface area contributed by atoms with Gasteiger partial charge in [0.2, 0.25) is 11.5 Å². The van der Waals surface area contributed by atoms with Gasteiger partial charge in [0.25, 0.3) is 0 Å². The van der Waals surface area contributed by atoms with E-state index in [4.69, 9.17) is 23.7 Å². The zero-order valence-electron chi connectivity index (χ0n) is 46.1. The van der Waals surface area contributed by atoms with Crippen LogP contribution >= 0.6 is 0 Å². The Bertz CT molecular complexity index is 2920. The molecule has 1 saturated carbocycles. The minimum atomic E-state index is -2.53. The summed E-state index contributed by atoms with van der Waals surface area (Å²) in [5.74, 6) is -2.48. The molecule has 12 atom stereocenters. The number of ether oxygens (including phenoxy) is 5. The van der Waals surface area contributed by atoms with Crippen molar-refractivity contribution in [1.82, 2.24) is 24.6 Å². The lowest BCUT2D eigenvalue weighted by molar-refractivity contribution is -0.229. The molecule has 0 radical (unpaired) electrons. The second kappa shape index (κ2) is 20.6. The van der Waals surface area contributed by atoms with E-state index in [1.807, 2.05) is 68.5 Å². The molecule has 18 heteroatoms. The van der Waals surface area contributed by atoms with Crippen molar-refractivity contribution in [3.8, 4) is 5.75 Å². The molecule has 3 saturated heterocycles. The van der Waals surface area contributed by atoms with E-state index >= 15 is 9.59 Å². The summed E-state index contributed by atoms with van der Waals surface area (Å²) in [5.41, 5.74) is -2.80. The first-order valence-electron chi connectivity index (χ1n) is 28.5. The van der Waals surface area contributed by atoms with Gasteiger partial charge in [-0.25, -0.2) is 14.4 Å². The zero-order chi connectivity index (χ0) is 54.9. The molecule has 18 nitrogen and oxygen atoms in total. The van der Waals surface area contributed by atoms with E-state index in [2.05, 4.69) is 26.2 Å². The predicted molar refractivity (Wildman–Crippen MR) is 290 cm³/mol. The highest BCUT2D eigenvalue weighted by Gasteiger charge is 2.79. The van der Waals surface area contributed by atoms with Crippen molar-refractivity contribution in [3.05, 3.63) is 83.1 Å². The molecule has 2 bridgehead atoms. The van der Waals surface area contributed by atoms with Gasteiger partial charge in [-0.3, -0.25) is 19.4 Å². The van der Waals surface area contributed by atoms with Gasteiger partial charge < -0.3 is 54.0 Å². The highest BCUT2D eigenvalue weighted by atomic mass is 16.6. The predicted octanol–water partition coefficient (Wildman–Crippen LogP) is 5.90. The second-order valence-electron chi connectivity index (χ2n) is 23.7. The average Bonchev–Trinajstić information content (AvgIpc) is 2.08. The third kappa shape index (κ3) is 8.35. The molecule has 11 rings (SSSR count). The fraction of sp³-hybridized carbons (Fsp3) is 0.617. The van der Waals surface area contributed by atoms with E-state index in [0.717, 1.165) is 47.7 Å². The van der Waals surface area contributed by atoms with Crippen LogP contribution in [0.5, 0.6) is 5.75 Å². The number of para-hydroxylation sites is 1. The van der Waals surface area contributed by atoms with Gasteiger partial charge in [0.15, 0.2) is 6.10 Å². The van der Waals surface area contributed by atoms with Gasteiger partial charge in [-0.2, -0.15) is 0 Å². The van der Waals surface area contributed by atoms with Crippen LogP contribution in [0.4, 0.5) is 10.5 Å². The Balaban J connectivity index is 1.00. The normalized spacial score (nSPS) is 35.2. The van der Waals surface area contributed by atoms with E-state index in [1.54, 1.807) is 7.11 Å². The van der Waals surface area contributed by atoms with Crippen LogP contribution in [0.25, 0.3) is 10.9 Å². The van der Waals surface area contributed by atoms with Crippen molar-refractivity contribution in [1.29, 1.82) is 0 Å². The van der Waals surface area contributed by atoms with Crippen LogP contribution in [0.2, 0.25) is 0 Å². The molecule has 8 aliphatic rings. The summed E-state index contributed by atoms with van der Waals surface area (Å²) in [6.45, 7) is 6.87. The van der Waals surface area contributed by atoms with Crippen LogP contribution in [-0.4, -0.2) is 180 Å². The maximum Gasteiger partial charge on any atom is 0.410 e. The van der Waals surface area contributed by atoms with Gasteiger partial charge in [0.05, 0.1) is 33.0 Å². The second-order valence-corrected chi connectivity index (χ2v) is 23.7. The van der Waals surface area contributed by atoms with Crippen LogP contribution in [0.1, 0.15) is 113 Å². The van der Waals surface area contributed by atoms with Gasteiger partial charge >= 0.3 is 24.0 Å². The maximum absolute atomic E-state index is 15.6. The van der Waals surface area contributed by atoms with Gasteiger partial charge in [-0.1, -0.05) is 56.7 Å². The number of nitrogens with one attached hydrogen (secondary N) is 2. The quantitative estimate of drug-likeness (QED) is 0.100. The average molecular weight is 1080 g/mol. The minimum absolute atomic E-state index is 0.156. The summed E-state index contributed by atoms with van der Waals surface area (Å²) < 4.78 is 30.5. The number of aliphatic hydroxyl groups is 2. The van der Waals surface area contributed by atoms with Crippen molar-refractivity contribution in [2.45, 2.75) is 150 Å². The number of aromatic nitrogens is 1. The lowest BCUT2D eigenvalue weighted by Crippen LogP contribution is -2.80. The Morgan fingerprint density at radius 3 is 2.45 bits per heavy atom. The molecular weight excluding hydrogens is 997 g/mol. The minimum Gasteiger partial charge on any atom is -0.496 e. The number of esters is 3. The number of benzene rings is 2. The number of allylic oxidation sites excluding steroid dienone is 1. The molecule has 4 N–H and O–H groups in total. The van der Waals surface area contributed by atoms with E-state index in [-0.39, 0.29) is 31.8 Å². The summed E-state index contributed by atoms with van der Waals surface area (Å²) in [6, 6.07) is 9.31. The number of hydrogen-bond acceptors (Lipinski definition) is 15. The lowest BCUT2D eigenvalue weighted by atomic mass is 9.47. The molecule has 7 heterocycles. The van der Waals surface area contributed by atoms with E-state index in [9.17, 15) is 24.6 Å². The topological polar surface area (TPSA) is 213 Å². The fourth-order valence-corrected chi connectivity index (χ4v) is 16.2. The number of amides is 2. The first-order chi connectivity index (χ1) is 37.5. The molecule has 2 aromatic carbocycles. The number of carbonyl (C=O) groups excluding carboxylic acids is 5. The summed E-state index contributed by atoms with van der Waals surface area (Å²) in [7, 11) is 5.70. The third-order valence-corrected chi connectivity index (χ3v) is 19.6. The van der Waals surface area contributed by atoms with Crippen molar-refractivity contribution in [2.24, 2.45) is 11.3 Å². The molecule has 6 aliphatic heterocycles. The zero-order valence-corrected chi connectivity index (χ0v) is 46.1. The smallest absolute Gasteiger partial charge is 0.410 e.